The molecule has 1 aromatic heterocycles. The number of carbonyl (C=O) groups excluding carboxylic acids is 1. The highest BCUT2D eigenvalue weighted by molar-refractivity contribution is 14.1. The first-order valence-corrected chi connectivity index (χ1v) is 6.44. The van der Waals surface area contributed by atoms with E-state index in [2.05, 4.69) is 9.72 Å². The van der Waals surface area contributed by atoms with Gasteiger partial charge in [-0.1, -0.05) is 0 Å². The van der Waals surface area contributed by atoms with E-state index in [9.17, 15) is 26.7 Å². The number of nitrogens with zero attached hydrogens (tertiary/aromatic N) is 1. The molecule has 9 heteroatoms. The summed E-state index contributed by atoms with van der Waals surface area (Å²) in [6.45, 7) is 1.51. The van der Waals surface area contributed by atoms with E-state index < -0.39 is 45.4 Å². The maximum atomic E-state index is 12.9. The zero-order valence-corrected chi connectivity index (χ0v) is 12.3. The summed E-state index contributed by atoms with van der Waals surface area (Å²) >= 11 is 1.18. The topological polar surface area (TPSA) is 39.2 Å². The summed E-state index contributed by atoms with van der Waals surface area (Å²) in [4.78, 5) is 14.6. The number of hydrogen-bond donors (Lipinski definition) is 0. The van der Waals surface area contributed by atoms with Gasteiger partial charge >= 0.3 is 12.1 Å². The number of carbonyl (C=O) groups is 1. The Kier molecular flexibility index (Phi) is 5.66. The van der Waals surface area contributed by atoms with Crippen LogP contribution in [0.2, 0.25) is 0 Å². The normalized spacial score (nSPS) is 11.8. The maximum Gasteiger partial charge on any atom is 0.419 e. The predicted molar refractivity (Wildman–Crippen MR) is 67.3 cm³/mol. The highest BCUT2D eigenvalue weighted by Gasteiger charge is 2.39. The molecule has 20 heavy (non-hydrogen) atoms. The van der Waals surface area contributed by atoms with Crippen LogP contribution in [0, 0.1) is 3.57 Å². The van der Waals surface area contributed by atoms with Crippen LogP contribution in [0.15, 0.2) is 6.20 Å². The van der Waals surface area contributed by atoms with Crippen LogP contribution in [0.3, 0.4) is 0 Å². The fourth-order valence-electron chi connectivity index (χ4n) is 1.46. The largest absolute Gasteiger partial charge is 0.466 e. The lowest BCUT2D eigenvalue weighted by molar-refractivity contribution is -0.143. The van der Waals surface area contributed by atoms with Gasteiger partial charge in [0.05, 0.1) is 29.8 Å². The third-order valence-electron chi connectivity index (χ3n) is 2.26. The zero-order chi connectivity index (χ0) is 15.5. The quantitative estimate of drug-likeness (QED) is 0.432. The predicted octanol–water partition coefficient (Wildman–Crippen LogP) is 3.75. The number of esters is 1. The van der Waals surface area contributed by atoms with Crippen molar-refractivity contribution in [1.82, 2.24) is 4.98 Å². The molecule has 0 radical (unpaired) electrons. The first-order valence-electron chi connectivity index (χ1n) is 5.36. The van der Waals surface area contributed by atoms with Crippen molar-refractivity contribution in [1.29, 1.82) is 0 Å². The van der Waals surface area contributed by atoms with Crippen LogP contribution in [-0.2, 0) is 22.1 Å². The van der Waals surface area contributed by atoms with Crippen molar-refractivity contribution in [2.45, 2.75) is 25.9 Å². The first kappa shape index (κ1) is 17.1. The van der Waals surface area contributed by atoms with Crippen LogP contribution in [0.4, 0.5) is 22.0 Å². The fourth-order valence-corrected chi connectivity index (χ4v) is 2.45. The van der Waals surface area contributed by atoms with Crippen LogP contribution >= 0.6 is 22.6 Å². The monoisotopic (exact) mass is 409 g/mol. The van der Waals surface area contributed by atoms with Gasteiger partial charge in [-0.25, -0.2) is 8.78 Å². The van der Waals surface area contributed by atoms with Gasteiger partial charge in [-0.05, 0) is 29.5 Å². The second kappa shape index (κ2) is 6.64. The number of ether oxygens (including phenoxy) is 1. The number of pyridine rings is 1. The molecule has 0 aliphatic heterocycles. The highest BCUT2D eigenvalue weighted by atomic mass is 127. The summed E-state index contributed by atoms with van der Waals surface area (Å²) in [5, 5.41) is 0. The molecule has 0 saturated heterocycles. The van der Waals surface area contributed by atoms with Gasteiger partial charge in [0, 0.05) is 9.77 Å². The molecule has 1 heterocycles. The first-order chi connectivity index (χ1) is 9.18. The minimum atomic E-state index is -4.88. The van der Waals surface area contributed by atoms with Crippen molar-refractivity contribution in [3.05, 3.63) is 26.6 Å². The Balaban J connectivity index is 3.31. The smallest absolute Gasteiger partial charge is 0.419 e. The molecule has 0 N–H and O–H groups in total. The molecule has 0 unspecified atom stereocenters. The summed E-state index contributed by atoms with van der Waals surface area (Å²) in [7, 11) is 0. The van der Waals surface area contributed by atoms with E-state index in [1.165, 1.54) is 29.5 Å². The van der Waals surface area contributed by atoms with Crippen molar-refractivity contribution < 1.29 is 31.5 Å². The van der Waals surface area contributed by atoms with E-state index in [0.717, 1.165) is 0 Å². The van der Waals surface area contributed by atoms with Gasteiger partial charge in [0.2, 0.25) is 0 Å². The van der Waals surface area contributed by atoms with Crippen LogP contribution < -0.4 is 0 Å². The molecule has 1 rings (SSSR count). The summed E-state index contributed by atoms with van der Waals surface area (Å²) in [6.07, 6.45) is -8.03. The van der Waals surface area contributed by atoms with Crippen LogP contribution in [0.25, 0.3) is 0 Å². The standard InChI is InChI=1S/C11H9F5INO2/c1-2-20-7(19)3-6-8(11(14,15)16)9(17)5(4-18-6)10(12)13/h4,10H,2-3H2,1H3. The van der Waals surface area contributed by atoms with Gasteiger partial charge in [0.15, 0.2) is 0 Å². The summed E-state index contributed by atoms with van der Waals surface area (Å²) < 4.78 is 67.9. The van der Waals surface area contributed by atoms with Crippen molar-refractivity contribution in [3.8, 4) is 0 Å². The number of rotatable bonds is 4. The summed E-state index contributed by atoms with van der Waals surface area (Å²) in [5.74, 6) is -0.897. The third-order valence-corrected chi connectivity index (χ3v) is 3.42. The van der Waals surface area contributed by atoms with Crippen LogP contribution in [0.1, 0.15) is 30.2 Å². The number of aromatic nitrogens is 1. The molecule has 0 spiro atoms. The van der Waals surface area contributed by atoms with Crippen molar-refractivity contribution in [2.75, 3.05) is 6.61 Å². The molecule has 0 fully saturated rings. The Bertz CT molecular complexity index is 504. The minimum absolute atomic E-state index is 0.00634. The van der Waals surface area contributed by atoms with Gasteiger partial charge in [0.25, 0.3) is 6.43 Å². The average Bonchev–Trinajstić information content (AvgIpc) is 2.26. The fraction of sp³-hybridized carbons (Fsp3) is 0.455. The van der Waals surface area contributed by atoms with Gasteiger partial charge in [-0.3, -0.25) is 9.78 Å². The molecular weight excluding hydrogens is 400 g/mol. The summed E-state index contributed by atoms with van der Waals surface area (Å²) in [6, 6.07) is 0. The van der Waals surface area contributed by atoms with Gasteiger partial charge in [-0.15, -0.1) is 0 Å². The molecule has 0 bridgehead atoms. The maximum absolute atomic E-state index is 12.9. The van der Waals surface area contributed by atoms with E-state index in [4.69, 9.17) is 0 Å². The molecule has 0 aromatic carbocycles. The van der Waals surface area contributed by atoms with Gasteiger partial charge in [0.1, 0.15) is 0 Å². The number of hydrogen-bond acceptors (Lipinski definition) is 3. The zero-order valence-electron chi connectivity index (χ0n) is 10.1. The second-order valence-electron chi connectivity index (χ2n) is 3.63. The van der Waals surface area contributed by atoms with Gasteiger partial charge < -0.3 is 4.74 Å². The highest BCUT2D eigenvalue weighted by Crippen LogP contribution is 2.38. The van der Waals surface area contributed by atoms with Crippen molar-refractivity contribution >= 4 is 28.6 Å². The number of halogens is 6. The SMILES string of the molecule is CCOC(=O)Cc1ncc(C(F)F)c(I)c1C(F)(F)F. The van der Waals surface area contributed by atoms with Crippen LogP contribution in [-0.4, -0.2) is 17.6 Å². The van der Waals surface area contributed by atoms with E-state index in [0.29, 0.717) is 6.20 Å². The second-order valence-corrected chi connectivity index (χ2v) is 4.71. The Morgan fingerprint density at radius 1 is 1.45 bits per heavy atom. The van der Waals surface area contributed by atoms with Gasteiger partial charge in [-0.2, -0.15) is 13.2 Å². The van der Waals surface area contributed by atoms with E-state index in [1.54, 1.807) is 0 Å². The van der Waals surface area contributed by atoms with E-state index in [1.807, 2.05) is 0 Å². The van der Waals surface area contributed by atoms with E-state index in [-0.39, 0.29) is 6.61 Å². The molecular formula is C11H9F5INO2. The molecule has 0 atom stereocenters. The lowest BCUT2D eigenvalue weighted by Crippen LogP contribution is -2.19. The summed E-state index contributed by atoms with van der Waals surface area (Å²) in [5.41, 5.74) is -2.75. The Morgan fingerprint density at radius 3 is 2.50 bits per heavy atom. The molecule has 0 saturated carbocycles. The number of alkyl halides is 5. The Morgan fingerprint density at radius 2 is 2.05 bits per heavy atom. The minimum Gasteiger partial charge on any atom is -0.466 e. The average molecular weight is 409 g/mol. The molecule has 0 aliphatic carbocycles. The lowest BCUT2D eigenvalue weighted by Gasteiger charge is -2.16. The van der Waals surface area contributed by atoms with Crippen molar-refractivity contribution in [2.24, 2.45) is 0 Å². The Labute approximate surface area is 124 Å². The molecule has 1 aromatic rings. The van der Waals surface area contributed by atoms with Crippen LogP contribution in [0.5, 0.6) is 0 Å². The molecule has 0 aliphatic rings. The molecule has 0 amide bonds. The lowest BCUT2D eigenvalue weighted by atomic mass is 10.1. The molecule has 3 nitrogen and oxygen atoms in total. The molecule has 112 valence electrons. The Hall–Kier alpha value is -1.00. The third kappa shape index (κ3) is 4.00. The van der Waals surface area contributed by atoms with Crippen molar-refractivity contribution in [3.63, 3.8) is 0 Å². The van der Waals surface area contributed by atoms with E-state index >= 15 is 0 Å².